The normalized spacial score (nSPS) is 18.7. The quantitative estimate of drug-likeness (QED) is 0.369. The molecule has 0 aromatic heterocycles. The number of hydrogen-bond acceptors (Lipinski definition) is 7. The molecule has 1 amide bonds. The molecular weight excluding hydrogens is 597 g/mol. The topological polar surface area (TPSA) is 133 Å². The number of rotatable bonds is 9. The van der Waals surface area contributed by atoms with Gasteiger partial charge >= 0.3 is 0 Å². The minimum Gasteiger partial charge on any atom is -0.488 e. The fourth-order valence-electron chi connectivity index (χ4n) is 4.78. The molecule has 3 aromatic rings. The van der Waals surface area contributed by atoms with Crippen LogP contribution in [0.2, 0.25) is 0 Å². The molecule has 0 saturated carbocycles. The van der Waals surface area contributed by atoms with Crippen LogP contribution in [0.1, 0.15) is 25.0 Å². The van der Waals surface area contributed by atoms with Crippen molar-refractivity contribution in [2.24, 2.45) is 5.92 Å². The molecule has 0 radical (unpaired) electrons. The van der Waals surface area contributed by atoms with Crippen LogP contribution in [0.25, 0.3) is 0 Å². The summed E-state index contributed by atoms with van der Waals surface area (Å²) in [5.41, 5.74) is 1.53. The molecule has 0 unspecified atom stereocenters. The summed E-state index contributed by atoms with van der Waals surface area (Å²) >= 11 is 0. The predicted molar refractivity (Wildman–Crippen MR) is 160 cm³/mol. The number of amides is 1. The van der Waals surface area contributed by atoms with Gasteiger partial charge in [0, 0.05) is 30.8 Å². The number of likely N-dealkylation sites (N-methyl/N-ethyl adjacent to an activating group) is 1. The fourth-order valence-corrected chi connectivity index (χ4v) is 7.01. The number of aryl methyl sites for hydroxylation is 1. The van der Waals surface area contributed by atoms with E-state index in [1.54, 1.807) is 25.1 Å². The van der Waals surface area contributed by atoms with E-state index in [1.165, 1.54) is 48.3 Å². The Labute approximate surface area is 252 Å². The number of halogens is 1. The van der Waals surface area contributed by atoms with Gasteiger partial charge in [0.05, 0.1) is 35.4 Å². The number of fused-ring (bicyclic) bond motifs is 1. The first-order valence-corrected chi connectivity index (χ1v) is 16.6. The molecule has 1 aliphatic rings. The van der Waals surface area contributed by atoms with Gasteiger partial charge in [-0.3, -0.25) is 9.52 Å². The van der Waals surface area contributed by atoms with Crippen LogP contribution in [0.5, 0.6) is 5.75 Å². The van der Waals surface area contributed by atoms with Crippen molar-refractivity contribution in [3.8, 4) is 5.75 Å². The average molecular weight is 634 g/mol. The summed E-state index contributed by atoms with van der Waals surface area (Å²) in [4.78, 5) is 15.0. The zero-order valence-electron chi connectivity index (χ0n) is 24.4. The molecule has 0 fully saturated rings. The number of carbonyl (C=O) groups excluding carboxylic acids is 1. The van der Waals surface area contributed by atoms with Crippen LogP contribution in [-0.2, 0) is 31.3 Å². The third kappa shape index (κ3) is 7.53. The van der Waals surface area contributed by atoms with Gasteiger partial charge < -0.3 is 14.7 Å². The summed E-state index contributed by atoms with van der Waals surface area (Å²) in [5.74, 6) is -0.941. The Morgan fingerprint density at radius 2 is 1.67 bits per heavy atom. The van der Waals surface area contributed by atoms with E-state index in [0.717, 1.165) is 22.0 Å². The molecule has 0 aliphatic carbocycles. The minimum absolute atomic E-state index is 0.0798. The molecule has 10 nitrogen and oxygen atoms in total. The number of benzene rings is 3. The van der Waals surface area contributed by atoms with Crippen molar-refractivity contribution in [1.82, 2.24) is 9.21 Å². The highest BCUT2D eigenvalue weighted by Gasteiger charge is 2.33. The van der Waals surface area contributed by atoms with Gasteiger partial charge in [-0.2, -0.15) is 4.31 Å². The van der Waals surface area contributed by atoms with E-state index < -0.39 is 38.0 Å². The maximum Gasteiger partial charge on any atom is 0.261 e. The van der Waals surface area contributed by atoms with E-state index in [0.29, 0.717) is 11.3 Å². The summed E-state index contributed by atoms with van der Waals surface area (Å²) in [7, 11) is -6.52. The molecule has 43 heavy (non-hydrogen) atoms. The van der Waals surface area contributed by atoms with E-state index in [4.69, 9.17) is 4.74 Å². The number of hydrogen-bond donors (Lipinski definition) is 2. The van der Waals surface area contributed by atoms with E-state index in [-0.39, 0.29) is 53.4 Å². The second-order valence-corrected chi connectivity index (χ2v) is 14.6. The van der Waals surface area contributed by atoms with E-state index in [2.05, 4.69) is 4.72 Å². The number of aliphatic hydroxyl groups is 1. The van der Waals surface area contributed by atoms with Gasteiger partial charge in [-0.05, 0) is 68.4 Å². The summed E-state index contributed by atoms with van der Waals surface area (Å²) in [6.07, 6.45) is -0.878. The maximum absolute atomic E-state index is 13.5. The average Bonchev–Trinajstić information content (AvgIpc) is 3.00. The Hall–Kier alpha value is -3.52. The number of ether oxygens (including phenoxy) is 1. The van der Waals surface area contributed by atoms with E-state index in [9.17, 15) is 31.1 Å². The van der Waals surface area contributed by atoms with Crippen molar-refractivity contribution < 1.29 is 35.9 Å². The Morgan fingerprint density at radius 1 is 1.05 bits per heavy atom. The van der Waals surface area contributed by atoms with Crippen LogP contribution in [-0.4, -0.2) is 75.9 Å². The molecule has 232 valence electrons. The predicted octanol–water partition coefficient (Wildman–Crippen LogP) is 3.40. The molecule has 1 heterocycles. The zero-order valence-corrected chi connectivity index (χ0v) is 26.0. The summed E-state index contributed by atoms with van der Waals surface area (Å²) < 4.78 is 76.0. The Balaban J connectivity index is 1.68. The first-order chi connectivity index (χ1) is 20.2. The smallest absolute Gasteiger partial charge is 0.261 e. The first-order valence-electron chi connectivity index (χ1n) is 13.7. The highest BCUT2D eigenvalue weighted by molar-refractivity contribution is 7.92. The molecule has 2 N–H and O–H groups in total. The SMILES string of the molecule is Cc1ccc(S(=O)(=O)Nc2ccc3c(c2)CC(=O)N([C@H](C)CO)C[C@@H](C)[C@@H](CN(C)S(=O)(=O)c2ccc(F)cc2)O3)cc1. The lowest BCUT2D eigenvalue weighted by Crippen LogP contribution is -2.48. The molecule has 0 spiro atoms. The van der Waals surface area contributed by atoms with Crippen LogP contribution in [0.4, 0.5) is 10.1 Å². The van der Waals surface area contributed by atoms with Crippen molar-refractivity contribution in [2.75, 3.05) is 31.5 Å². The number of nitrogens with zero attached hydrogens (tertiary/aromatic N) is 2. The van der Waals surface area contributed by atoms with Crippen LogP contribution in [0.15, 0.2) is 76.5 Å². The molecule has 3 atom stereocenters. The van der Waals surface area contributed by atoms with E-state index >= 15 is 0 Å². The molecule has 4 rings (SSSR count). The van der Waals surface area contributed by atoms with Crippen molar-refractivity contribution in [3.63, 3.8) is 0 Å². The van der Waals surface area contributed by atoms with Crippen LogP contribution in [0.3, 0.4) is 0 Å². The molecule has 0 saturated heterocycles. The van der Waals surface area contributed by atoms with Crippen molar-refractivity contribution in [2.45, 2.75) is 49.1 Å². The summed E-state index contributed by atoms with van der Waals surface area (Å²) in [5, 5.41) is 9.86. The fraction of sp³-hybridized carbons (Fsp3) is 0.367. The van der Waals surface area contributed by atoms with Gasteiger partial charge in [0.1, 0.15) is 17.7 Å². The third-order valence-corrected chi connectivity index (χ3v) is 10.7. The molecule has 1 aliphatic heterocycles. The van der Waals surface area contributed by atoms with Gasteiger partial charge in [-0.15, -0.1) is 0 Å². The molecule has 3 aromatic carbocycles. The second kappa shape index (κ2) is 13.0. The van der Waals surface area contributed by atoms with Gasteiger partial charge in [-0.25, -0.2) is 21.2 Å². The minimum atomic E-state index is -4.00. The van der Waals surface area contributed by atoms with Gasteiger partial charge in [-0.1, -0.05) is 24.6 Å². The summed E-state index contributed by atoms with van der Waals surface area (Å²) in [6, 6.07) is 15.0. The number of aliphatic hydroxyl groups excluding tert-OH is 1. The lowest BCUT2D eigenvalue weighted by atomic mass is 10.0. The van der Waals surface area contributed by atoms with Gasteiger partial charge in [0.15, 0.2) is 0 Å². The number of carbonyl (C=O) groups is 1. The highest BCUT2D eigenvalue weighted by atomic mass is 32.2. The maximum atomic E-state index is 13.5. The highest BCUT2D eigenvalue weighted by Crippen LogP contribution is 2.30. The number of anilines is 1. The van der Waals surface area contributed by atoms with Crippen molar-refractivity contribution in [1.29, 1.82) is 0 Å². The largest absolute Gasteiger partial charge is 0.488 e. The lowest BCUT2D eigenvalue weighted by molar-refractivity contribution is -0.134. The third-order valence-electron chi connectivity index (χ3n) is 7.46. The Bertz CT molecular complexity index is 1660. The molecule has 13 heteroatoms. The second-order valence-electron chi connectivity index (χ2n) is 10.9. The zero-order chi connectivity index (χ0) is 31.5. The van der Waals surface area contributed by atoms with Crippen LogP contribution < -0.4 is 9.46 Å². The Kier molecular flexibility index (Phi) is 9.79. The van der Waals surface area contributed by atoms with Crippen LogP contribution >= 0.6 is 0 Å². The van der Waals surface area contributed by atoms with Crippen molar-refractivity contribution >= 4 is 31.6 Å². The van der Waals surface area contributed by atoms with Crippen molar-refractivity contribution in [3.05, 3.63) is 83.7 Å². The Morgan fingerprint density at radius 3 is 2.30 bits per heavy atom. The van der Waals surface area contributed by atoms with Crippen LogP contribution in [0, 0.1) is 18.7 Å². The first kappa shape index (κ1) is 32.4. The molecule has 0 bridgehead atoms. The molecular formula is C30H36FN3O7S2. The standard InChI is InChI=1S/C30H36FN3O7S2/c1-20-5-10-26(11-6-20)42(37,38)32-25-9-14-28-23(15-25)16-30(36)34(22(3)19-35)17-21(2)29(41-28)18-33(4)43(39,40)27-12-7-24(31)8-13-27/h5-15,21-22,29,32,35H,16-19H2,1-4H3/t21-,22-,29-/m1/s1. The lowest BCUT2D eigenvalue weighted by Gasteiger charge is -2.33. The van der Waals surface area contributed by atoms with Gasteiger partial charge in [0.2, 0.25) is 15.9 Å². The number of sulfonamides is 2. The number of nitrogens with one attached hydrogen (secondary N) is 1. The van der Waals surface area contributed by atoms with Gasteiger partial charge in [0.25, 0.3) is 10.0 Å². The van der Waals surface area contributed by atoms with E-state index in [1.807, 2.05) is 13.8 Å². The monoisotopic (exact) mass is 633 g/mol. The summed E-state index contributed by atoms with van der Waals surface area (Å²) in [6.45, 7) is 5.17.